The summed E-state index contributed by atoms with van der Waals surface area (Å²) in [5, 5.41) is 6.76. The number of aryl methyl sites for hydroxylation is 1. The van der Waals surface area contributed by atoms with Gasteiger partial charge in [-0.1, -0.05) is 6.92 Å². The molecule has 0 saturated carbocycles. The first-order valence-corrected chi connectivity index (χ1v) is 10.6. The zero-order valence-electron chi connectivity index (χ0n) is 18.1. The summed E-state index contributed by atoms with van der Waals surface area (Å²) < 4.78 is 16.4. The predicted molar refractivity (Wildman–Crippen MR) is 113 cm³/mol. The van der Waals surface area contributed by atoms with Crippen LogP contribution in [0.2, 0.25) is 0 Å². The van der Waals surface area contributed by atoms with Gasteiger partial charge in [-0.25, -0.2) is 14.4 Å². The molecule has 0 atom stereocenters. The van der Waals surface area contributed by atoms with E-state index in [4.69, 9.17) is 14.2 Å². The van der Waals surface area contributed by atoms with Crippen LogP contribution in [0, 0.1) is 6.92 Å². The smallest absolute Gasteiger partial charge is 0.356 e. The van der Waals surface area contributed by atoms with Crippen molar-refractivity contribution in [3.8, 4) is 0 Å². The van der Waals surface area contributed by atoms with E-state index >= 15 is 0 Å². The summed E-state index contributed by atoms with van der Waals surface area (Å²) in [5.41, 5.74) is 0.482. The molecule has 0 aliphatic rings. The largest absolute Gasteiger partial charge is 0.462 e. The van der Waals surface area contributed by atoms with Crippen molar-refractivity contribution in [3.63, 3.8) is 0 Å². The molecule has 11 heteroatoms. The number of ether oxygens (including phenoxy) is 3. The number of amides is 1. The van der Waals surface area contributed by atoms with Crippen molar-refractivity contribution in [2.75, 3.05) is 25.1 Å². The van der Waals surface area contributed by atoms with Crippen molar-refractivity contribution in [1.82, 2.24) is 9.78 Å². The third-order valence-electron chi connectivity index (χ3n) is 4.07. The minimum absolute atomic E-state index is 0.0535. The molecule has 0 aliphatic carbocycles. The van der Waals surface area contributed by atoms with E-state index in [0.717, 1.165) is 11.3 Å². The molecule has 0 saturated heterocycles. The van der Waals surface area contributed by atoms with Crippen LogP contribution in [0.25, 0.3) is 0 Å². The van der Waals surface area contributed by atoms with Crippen LogP contribution < -0.4 is 5.32 Å². The number of hydrogen-bond donors (Lipinski definition) is 1. The van der Waals surface area contributed by atoms with Crippen LogP contribution in [0.5, 0.6) is 0 Å². The summed E-state index contributed by atoms with van der Waals surface area (Å²) >= 11 is 0.911. The first-order valence-electron chi connectivity index (χ1n) is 9.75. The molecule has 0 bridgehead atoms. The Labute approximate surface area is 183 Å². The van der Waals surface area contributed by atoms with Crippen molar-refractivity contribution in [3.05, 3.63) is 33.5 Å². The molecule has 0 aromatic carbocycles. The van der Waals surface area contributed by atoms with Gasteiger partial charge in [-0.05, 0) is 32.8 Å². The Morgan fingerprint density at radius 1 is 1.03 bits per heavy atom. The van der Waals surface area contributed by atoms with Gasteiger partial charge in [0, 0.05) is 13.1 Å². The van der Waals surface area contributed by atoms with Crippen LogP contribution in [-0.2, 0) is 21.3 Å². The fourth-order valence-electron chi connectivity index (χ4n) is 2.65. The van der Waals surface area contributed by atoms with Gasteiger partial charge in [-0.15, -0.1) is 11.3 Å². The van der Waals surface area contributed by atoms with Crippen molar-refractivity contribution in [2.24, 2.45) is 7.05 Å². The normalized spacial score (nSPS) is 10.5. The topological polar surface area (TPSA) is 126 Å². The molecule has 0 fully saturated rings. The Kier molecular flexibility index (Phi) is 8.31. The molecule has 0 aliphatic heterocycles. The second-order valence-electron chi connectivity index (χ2n) is 6.33. The lowest BCUT2D eigenvalue weighted by Gasteiger charge is -2.06. The average Bonchev–Trinajstić information content (AvgIpc) is 3.26. The van der Waals surface area contributed by atoms with Gasteiger partial charge >= 0.3 is 17.9 Å². The van der Waals surface area contributed by atoms with E-state index in [-0.39, 0.29) is 46.7 Å². The van der Waals surface area contributed by atoms with Crippen molar-refractivity contribution < 1.29 is 33.4 Å². The highest BCUT2D eigenvalue weighted by Gasteiger charge is 2.28. The predicted octanol–water partition coefficient (Wildman–Crippen LogP) is 2.96. The quantitative estimate of drug-likeness (QED) is 0.456. The molecule has 2 rings (SSSR count). The highest BCUT2D eigenvalue weighted by molar-refractivity contribution is 7.18. The summed E-state index contributed by atoms with van der Waals surface area (Å²) in [6, 6.07) is 1.29. The molecule has 10 nitrogen and oxygen atoms in total. The lowest BCUT2D eigenvalue weighted by Crippen LogP contribution is -2.16. The van der Waals surface area contributed by atoms with Gasteiger partial charge in [-0.3, -0.25) is 9.48 Å². The Morgan fingerprint density at radius 2 is 1.68 bits per heavy atom. The average molecular weight is 452 g/mol. The maximum absolute atomic E-state index is 12.8. The van der Waals surface area contributed by atoms with Gasteiger partial charge < -0.3 is 19.5 Å². The molecule has 0 spiro atoms. The van der Waals surface area contributed by atoms with Crippen molar-refractivity contribution >= 4 is 40.2 Å². The molecule has 2 aromatic rings. The number of thiophene rings is 1. The highest BCUT2D eigenvalue weighted by atomic mass is 32.1. The molecule has 31 heavy (non-hydrogen) atoms. The maximum atomic E-state index is 12.8. The number of esters is 3. The monoisotopic (exact) mass is 451 g/mol. The van der Waals surface area contributed by atoms with Gasteiger partial charge in [0.1, 0.15) is 15.6 Å². The Morgan fingerprint density at radius 3 is 2.29 bits per heavy atom. The zero-order valence-corrected chi connectivity index (χ0v) is 18.9. The van der Waals surface area contributed by atoms with E-state index in [0.29, 0.717) is 12.0 Å². The lowest BCUT2D eigenvalue weighted by atomic mass is 10.1. The van der Waals surface area contributed by atoms with E-state index in [1.54, 1.807) is 20.8 Å². The first-order chi connectivity index (χ1) is 14.7. The number of rotatable bonds is 9. The standard InChI is InChI=1S/C20H25N3O7S/c1-6-9-30-19(26)14-11(4)15(20(27)29-8-3)31-17(14)21-16(24)12-10-13(23(5)22-12)18(25)28-7-2/h10H,6-9H2,1-5H3,(H,21,24). The van der Waals surface area contributed by atoms with Crippen molar-refractivity contribution in [1.29, 1.82) is 0 Å². The number of nitrogens with zero attached hydrogens (tertiary/aromatic N) is 2. The SMILES string of the molecule is CCCOC(=O)c1c(NC(=O)c2cc(C(=O)OCC)n(C)n2)sc(C(=O)OCC)c1C. The number of hydrogen-bond acceptors (Lipinski definition) is 9. The fourth-order valence-corrected chi connectivity index (χ4v) is 3.73. The summed E-state index contributed by atoms with van der Waals surface area (Å²) in [6.45, 7) is 7.31. The van der Waals surface area contributed by atoms with E-state index in [1.807, 2.05) is 6.92 Å². The van der Waals surface area contributed by atoms with Gasteiger partial charge in [0.25, 0.3) is 5.91 Å². The number of nitrogens with one attached hydrogen (secondary N) is 1. The third-order valence-corrected chi connectivity index (χ3v) is 5.26. The minimum atomic E-state index is -0.660. The molecule has 0 radical (unpaired) electrons. The summed E-state index contributed by atoms with van der Waals surface area (Å²) in [6.07, 6.45) is 0.617. The molecule has 2 aromatic heterocycles. The van der Waals surface area contributed by atoms with Gasteiger partial charge in [-0.2, -0.15) is 5.10 Å². The van der Waals surface area contributed by atoms with E-state index in [1.165, 1.54) is 17.8 Å². The molecule has 1 amide bonds. The van der Waals surface area contributed by atoms with Gasteiger partial charge in [0.05, 0.1) is 25.4 Å². The van der Waals surface area contributed by atoms with E-state index < -0.39 is 23.8 Å². The van der Waals surface area contributed by atoms with E-state index in [9.17, 15) is 19.2 Å². The summed E-state index contributed by atoms with van der Waals surface area (Å²) in [4.78, 5) is 49.8. The Hall–Kier alpha value is -3.21. The van der Waals surface area contributed by atoms with E-state index in [2.05, 4.69) is 10.4 Å². The second kappa shape index (κ2) is 10.7. The number of carbonyl (C=O) groups is 4. The minimum Gasteiger partial charge on any atom is -0.462 e. The molecule has 1 N–H and O–H groups in total. The van der Waals surface area contributed by atoms with Crippen LogP contribution in [0.3, 0.4) is 0 Å². The Bertz CT molecular complexity index is 993. The van der Waals surface area contributed by atoms with Crippen LogP contribution in [0.4, 0.5) is 5.00 Å². The van der Waals surface area contributed by atoms with Crippen LogP contribution >= 0.6 is 11.3 Å². The van der Waals surface area contributed by atoms with Crippen LogP contribution in [-0.4, -0.2) is 53.4 Å². The first kappa shape index (κ1) is 24.1. The molecular weight excluding hydrogens is 426 g/mol. The number of anilines is 1. The Balaban J connectivity index is 2.38. The molecular formula is C20H25N3O7S. The summed E-state index contributed by atoms with van der Waals surface area (Å²) in [5.74, 6) is -2.53. The van der Waals surface area contributed by atoms with Crippen LogP contribution in [0.15, 0.2) is 6.07 Å². The van der Waals surface area contributed by atoms with Gasteiger partial charge in [0.15, 0.2) is 5.69 Å². The van der Waals surface area contributed by atoms with Crippen molar-refractivity contribution in [2.45, 2.75) is 34.1 Å². The molecule has 168 valence electrons. The van der Waals surface area contributed by atoms with Gasteiger partial charge in [0.2, 0.25) is 0 Å². The third kappa shape index (κ3) is 5.48. The summed E-state index contributed by atoms with van der Waals surface area (Å²) in [7, 11) is 1.50. The maximum Gasteiger partial charge on any atom is 0.356 e. The zero-order chi connectivity index (χ0) is 23.1. The highest BCUT2D eigenvalue weighted by Crippen LogP contribution is 2.34. The lowest BCUT2D eigenvalue weighted by molar-refractivity contribution is 0.0498. The molecule has 0 unspecified atom stereocenters. The van der Waals surface area contributed by atoms with Crippen LogP contribution in [0.1, 0.15) is 73.8 Å². The fraction of sp³-hybridized carbons (Fsp3) is 0.450. The molecule has 2 heterocycles. The second-order valence-corrected chi connectivity index (χ2v) is 7.35. The number of aromatic nitrogens is 2. The number of carbonyl (C=O) groups excluding carboxylic acids is 4.